The Balaban J connectivity index is 2.04. The number of nitrogens with one attached hydrogen (secondary N) is 1. The first-order valence-electron chi connectivity index (χ1n) is 6.07. The van der Waals surface area contributed by atoms with Gasteiger partial charge < -0.3 is 9.88 Å². The van der Waals surface area contributed by atoms with E-state index in [1.807, 2.05) is 26.5 Å². The van der Waals surface area contributed by atoms with Crippen LogP contribution in [0.15, 0.2) is 41.1 Å². The maximum atomic E-state index is 4.38. The predicted octanol–water partition coefficient (Wildman–Crippen LogP) is 2.56. The van der Waals surface area contributed by atoms with Crippen molar-refractivity contribution < 1.29 is 0 Å². The number of nitrogens with zero attached hydrogens (tertiary/aromatic N) is 2. The molecule has 2 aromatic rings. The van der Waals surface area contributed by atoms with E-state index in [1.54, 1.807) is 0 Å². The molecule has 0 aliphatic carbocycles. The fourth-order valence-electron chi connectivity index (χ4n) is 2.04. The molecule has 0 saturated heterocycles. The highest BCUT2D eigenvalue weighted by Gasteiger charge is 2.11. The van der Waals surface area contributed by atoms with Gasteiger partial charge in [0.2, 0.25) is 0 Å². The third-order valence-electron chi connectivity index (χ3n) is 3.13. The molecule has 0 amide bonds. The third kappa shape index (κ3) is 3.43. The van der Waals surface area contributed by atoms with E-state index in [0.29, 0.717) is 6.04 Å². The van der Waals surface area contributed by atoms with Gasteiger partial charge in [-0.3, -0.25) is 0 Å². The van der Waals surface area contributed by atoms with Crippen LogP contribution in [0, 0.1) is 0 Å². The Morgan fingerprint density at radius 2 is 2.22 bits per heavy atom. The molecule has 0 aliphatic heterocycles. The molecular formula is C14H18BrN3. The second-order valence-corrected chi connectivity index (χ2v) is 5.39. The Morgan fingerprint density at radius 3 is 2.83 bits per heavy atom. The van der Waals surface area contributed by atoms with Gasteiger partial charge in [-0.05, 0) is 31.2 Å². The number of halogens is 1. The van der Waals surface area contributed by atoms with Crippen molar-refractivity contribution >= 4 is 15.9 Å². The second-order valence-electron chi connectivity index (χ2n) is 4.48. The van der Waals surface area contributed by atoms with Gasteiger partial charge in [-0.15, -0.1) is 0 Å². The average molecular weight is 308 g/mol. The van der Waals surface area contributed by atoms with Crippen molar-refractivity contribution in [3.05, 3.63) is 52.5 Å². The lowest BCUT2D eigenvalue weighted by Gasteiger charge is -2.16. The third-order valence-corrected chi connectivity index (χ3v) is 3.62. The van der Waals surface area contributed by atoms with Gasteiger partial charge in [-0.2, -0.15) is 0 Å². The summed E-state index contributed by atoms with van der Waals surface area (Å²) in [7, 11) is 4.04. The van der Waals surface area contributed by atoms with E-state index in [4.69, 9.17) is 0 Å². The van der Waals surface area contributed by atoms with E-state index in [0.717, 1.165) is 23.1 Å². The molecule has 0 bridgehead atoms. The summed E-state index contributed by atoms with van der Waals surface area (Å²) in [6, 6.07) is 8.86. The smallest absolute Gasteiger partial charge is 0.109 e. The van der Waals surface area contributed by atoms with Crippen molar-refractivity contribution in [2.24, 2.45) is 7.05 Å². The first-order valence-corrected chi connectivity index (χ1v) is 6.86. The summed E-state index contributed by atoms with van der Waals surface area (Å²) < 4.78 is 3.21. The molecule has 1 aromatic heterocycles. The van der Waals surface area contributed by atoms with Crippen LogP contribution in [0.1, 0.15) is 11.4 Å². The zero-order valence-electron chi connectivity index (χ0n) is 10.7. The summed E-state index contributed by atoms with van der Waals surface area (Å²) in [5, 5.41) is 3.37. The standard InChI is InChI=1S/C14H18BrN3/c1-16-13(10-14-17-6-7-18(14)2)9-11-4-3-5-12(15)8-11/h3-8,13,16H,9-10H2,1-2H3. The molecule has 0 aliphatic rings. The minimum Gasteiger partial charge on any atom is -0.338 e. The van der Waals surface area contributed by atoms with Crippen LogP contribution in [-0.2, 0) is 19.9 Å². The second kappa shape index (κ2) is 6.16. The minimum absolute atomic E-state index is 0.403. The van der Waals surface area contributed by atoms with Crippen LogP contribution in [0.3, 0.4) is 0 Å². The van der Waals surface area contributed by atoms with Crippen LogP contribution in [0.4, 0.5) is 0 Å². The summed E-state index contributed by atoms with van der Waals surface area (Å²) >= 11 is 3.51. The van der Waals surface area contributed by atoms with Gasteiger partial charge in [0.05, 0.1) is 0 Å². The van der Waals surface area contributed by atoms with Crippen LogP contribution in [0.5, 0.6) is 0 Å². The zero-order chi connectivity index (χ0) is 13.0. The van der Waals surface area contributed by atoms with Gasteiger partial charge in [-0.25, -0.2) is 4.98 Å². The highest BCUT2D eigenvalue weighted by molar-refractivity contribution is 9.10. The van der Waals surface area contributed by atoms with Crippen molar-refractivity contribution in [1.82, 2.24) is 14.9 Å². The Hall–Kier alpha value is -1.13. The van der Waals surface area contributed by atoms with Crippen molar-refractivity contribution in [1.29, 1.82) is 0 Å². The SMILES string of the molecule is CNC(Cc1cccc(Br)c1)Cc1nccn1C. The first-order chi connectivity index (χ1) is 8.69. The van der Waals surface area contributed by atoms with E-state index in [9.17, 15) is 0 Å². The summed E-state index contributed by atoms with van der Waals surface area (Å²) in [6.45, 7) is 0. The lowest BCUT2D eigenvalue weighted by molar-refractivity contribution is 0.534. The van der Waals surface area contributed by atoms with Gasteiger partial charge in [0.1, 0.15) is 5.82 Å². The van der Waals surface area contributed by atoms with E-state index in [2.05, 4.69) is 55.1 Å². The molecule has 4 heteroatoms. The lowest BCUT2D eigenvalue weighted by atomic mass is 10.0. The van der Waals surface area contributed by atoms with Crippen LogP contribution in [0.25, 0.3) is 0 Å². The van der Waals surface area contributed by atoms with Crippen LogP contribution < -0.4 is 5.32 Å². The topological polar surface area (TPSA) is 29.9 Å². The molecule has 0 saturated carbocycles. The number of likely N-dealkylation sites (N-methyl/N-ethyl adjacent to an activating group) is 1. The fourth-order valence-corrected chi connectivity index (χ4v) is 2.48. The van der Waals surface area contributed by atoms with E-state index >= 15 is 0 Å². The van der Waals surface area contributed by atoms with Crippen molar-refractivity contribution in [2.45, 2.75) is 18.9 Å². The highest BCUT2D eigenvalue weighted by Crippen LogP contribution is 2.14. The van der Waals surface area contributed by atoms with Gasteiger partial charge in [0, 0.05) is 36.4 Å². The van der Waals surface area contributed by atoms with Gasteiger partial charge in [0.25, 0.3) is 0 Å². The monoisotopic (exact) mass is 307 g/mol. The average Bonchev–Trinajstić information content (AvgIpc) is 2.74. The maximum absolute atomic E-state index is 4.38. The molecule has 2 rings (SSSR count). The molecule has 1 unspecified atom stereocenters. The van der Waals surface area contributed by atoms with E-state index in [-0.39, 0.29) is 0 Å². The first kappa shape index (κ1) is 13.3. The fraction of sp³-hybridized carbons (Fsp3) is 0.357. The summed E-state index contributed by atoms with van der Waals surface area (Å²) in [5.74, 6) is 1.12. The van der Waals surface area contributed by atoms with Crippen LogP contribution in [0.2, 0.25) is 0 Å². The molecule has 18 heavy (non-hydrogen) atoms. The van der Waals surface area contributed by atoms with Crippen molar-refractivity contribution in [3.8, 4) is 0 Å². The lowest BCUT2D eigenvalue weighted by Crippen LogP contribution is -2.30. The van der Waals surface area contributed by atoms with E-state index in [1.165, 1.54) is 5.56 Å². The van der Waals surface area contributed by atoms with Gasteiger partial charge in [0.15, 0.2) is 0 Å². The number of aromatic nitrogens is 2. The largest absolute Gasteiger partial charge is 0.338 e. The Labute approximate surface area is 116 Å². The number of hydrogen-bond acceptors (Lipinski definition) is 2. The maximum Gasteiger partial charge on any atom is 0.109 e. The number of aryl methyl sites for hydroxylation is 1. The molecular weight excluding hydrogens is 290 g/mol. The minimum atomic E-state index is 0.403. The molecule has 0 radical (unpaired) electrons. The Morgan fingerprint density at radius 1 is 1.39 bits per heavy atom. The molecule has 96 valence electrons. The highest BCUT2D eigenvalue weighted by atomic mass is 79.9. The quantitative estimate of drug-likeness (QED) is 0.920. The molecule has 1 aromatic carbocycles. The number of imidazole rings is 1. The number of benzene rings is 1. The molecule has 3 nitrogen and oxygen atoms in total. The molecule has 1 N–H and O–H groups in total. The van der Waals surface area contributed by atoms with E-state index < -0.39 is 0 Å². The summed E-state index contributed by atoms with van der Waals surface area (Å²) in [6.07, 6.45) is 5.78. The Bertz CT molecular complexity index is 507. The molecule has 1 heterocycles. The zero-order valence-corrected chi connectivity index (χ0v) is 12.3. The normalized spacial score (nSPS) is 12.6. The molecule has 1 atom stereocenters. The molecule has 0 fully saturated rings. The van der Waals surface area contributed by atoms with Crippen LogP contribution >= 0.6 is 15.9 Å². The molecule has 0 spiro atoms. The number of hydrogen-bond donors (Lipinski definition) is 1. The summed E-state index contributed by atoms with van der Waals surface area (Å²) in [4.78, 5) is 4.38. The van der Waals surface area contributed by atoms with Gasteiger partial charge in [-0.1, -0.05) is 28.1 Å². The predicted molar refractivity (Wildman–Crippen MR) is 77.6 cm³/mol. The number of rotatable bonds is 5. The Kier molecular flexibility index (Phi) is 4.55. The van der Waals surface area contributed by atoms with Gasteiger partial charge >= 0.3 is 0 Å². The van der Waals surface area contributed by atoms with Crippen molar-refractivity contribution in [3.63, 3.8) is 0 Å². The van der Waals surface area contributed by atoms with Crippen molar-refractivity contribution in [2.75, 3.05) is 7.05 Å². The summed E-state index contributed by atoms with van der Waals surface area (Å²) in [5.41, 5.74) is 1.33. The van der Waals surface area contributed by atoms with Crippen LogP contribution in [-0.4, -0.2) is 22.6 Å².